The Bertz CT molecular complexity index is 223. The highest BCUT2D eigenvalue weighted by Crippen LogP contribution is 2.09. The highest BCUT2D eigenvalue weighted by molar-refractivity contribution is 5.68. The predicted octanol–water partition coefficient (Wildman–Crippen LogP) is 1.17. The van der Waals surface area contributed by atoms with Gasteiger partial charge in [0.2, 0.25) is 0 Å². The maximum atomic E-state index is 11.4. The molecule has 5 heteroatoms. The van der Waals surface area contributed by atoms with Gasteiger partial charge in [0.1, 0.15) is 13.2 Å². The highest BCUT2D eigenvalue weighted by Gasteiger charge is 2.17. The Morgan fingerprint density at radius 1 is 1.07 bits per heavy atom. The molecule has 0 spiro atoms. The van der Waals surface area contributed by atoms with E-state index in [9.17, 15) is 9.59 Å². The standard InChI is InChI=1S/C10H17NO4/c1-9(12)14-7-8-15-10(13)11-5-3-2-4-6-11/h2-8H2,1H3. The van der Waals surface area contributed by atoms with E-state index in [1.165, 1.54) is 13.3 Å². The lowest BCUT2D eigenvalue weighted by Crippen LogP contribution is -2.36. The quantitative estimate of drug-likeness (QED) is 0.524. The van der Waals surface area contributed by atoms with E-state index >= 15 is 0 Å². The van der Waals surface area contributed by atoms with Crippen molar-refractivity contribution in [3.8, 4) is 0 Å². The first-order chi connectivity index (χ1) is 7.20. The van der Waals surface area contributed by atoms with Crippen LogP contribution in [0.3, 0.4) is 0 Å². The van der Waals surface area contributed by atoms with Crippen LogP contribution in [0.25, 0.3) is 0 Å². The molecule has 1 rings (SSSR count). The van der Waals surface area contributed by atoms with Crippen molar-refractivity contribution >= 4 is 12.1 Å². The van der Waals surface area contributed by atoms with Gasteiger partial charge in [-0.25, -0.2) is 4.79 Å². The first-order valence-corrected chi connectivity index (χ1v) is 5.25. The molecule has 0 aliphatic carbocycles. The first-order valence-electron chi connectivity index (χ1n) is 5.25. The molecule has 5 nitrogen and oxygen atoms in total. The van der Waals surface area contributed by atoms with E-state index in [0.717, 1.165) is 25.9 Å². The molecule has 15 heavy (non-hydrogen) atoms. The molecule has 0 radical (unpaired) electrons. The number of rotatable bonds is 3. The van der Waals surface area contributed by atoms with Crippen LogP contribution in [-0.4, -0.2) is 43.3 Å². The van der Waals surface area contributed by atoms with E-state index in [1.54, 1.807) is 4.90 Å². The molecule has 1 aliphatic heterocycles. The molecular weight excluding hydrogens is 198 g/mol. The topological polar surface area (TPSA) is 55.8 Å². The fraction of sp³-hybridized carbons (Fsp3) is 0.800. The van der Waals surface area contributed by atoms with Crippen molar-refractivity contribution in [2.75, 3.05) is 26.3 Å². The van der Waals surface area contributed by atoms with Gasteiger partial charge in [-0.2, -0.15) is 0 Å². The van der Waals surface area contributed by atoms with Gasteiger partial charge in [-0.05, 0) is 19.3 Å². The van der Waals surface area contributed by atoms with Gasteiger partial charge in [-0.3, -0.25) is 4.79 Å². The van der Waals surface area contributed by atoms with Gasteiger partial charge in [-0.15, -0.1) is 0 Å². The molecule has 0 bridgehead atoms. The Labute approximate surface area is 89.3 Å². The minimum absolute atomic E-state index is 0.134. The van der Waals surface area contributed by atoms with Gasteiger partial charge in [0.25, 0.3) is 0 Å². The zero-order chi connectivity index (χ0) is 11.1. The second-order valence-corrected chi connectivity index (χ2v) is 3.50. The smallest absolute Gasteiger partial charge is 0.409 e. The van der Waals surface area contributed by atoms with Crippen molar-refractivity contribution in [3.05, 3.63) is 0 Å². The highest BCUT2D eigenvalue weighted by atomic mass is 16.6. The van der Waals surface area contributed by atoms with Crippen LogP contribution in [0.4, 0.5) is 4.79 Å². The minimum atomic E-state index is -0.357. The Hall–Kier alpha value is -1.26. The third-order valence-electron chi connectivity index (χ3n) is 2.23. The third kappa shape index (κ3) is 4.67. The lowest BCUT2D eigenvalue weighted by Gasteiger charge is -2.25. The van der Waals surface area contributed by atoms with Gasteiger partial charge in [0.05, 0.1) is 0 Å². The zero-order valence-electron chi connectivity index (χ0n) is 9.03. The first kappa shape index (κ1) is 11.8. The lowest BCUT2D eigenvalue weighted by molar-refractivity contribution is -0.142. The number of carbonyl (C=O) groups excluding carboxylic acids is 2. The zero-order valence-corrected chi connectivity index (χ0v) is 9.03. The number of piperidine rings is 1. The monoisotopic (exact) mass is 215 g/mol. The van der Waals surface area contributed by atoms with Crippen molar-refractivity contribution in [1.29, 1.82) is 0 Å². The van der Waals surface area contributed by atoms with Crippen LogP contribution in [0.5, 0.6) is 0 Å². The summed E-state index contributed by atoms with van der Waals surface area (Å²) < 4.78 is 9.59. The van der Waals surface area contributed by atoms with E-state index in [4.69, 9.17) is 4.74 Å². The molecular formula is C10H17NO4. The van der Waals surface area contributed by atoms with Crippen LogP contribution < -0.4 is 0 Å². The molecule has 1 heterocycles. The molecule has 0 unspecified atom stereocenters. The number of hydrogen-bond donors (Lipinski definition) is 0. The fourth-order valence-electron chi connectivity index (χ4n) is 1.48. The number of hydrogen-bond acceptors (Lipinski definition) is 4. The maximum Gasteiger partial charge on any atom is 0.409 e. The van der Waals surface area contributed by atoms with Crippen molar-refractivity contribution in [2.45, 2.75) is 26.2 Å². The van der Waals surface area contributed by atoms with E-state index in [1.807, 2.05) is 0 Å². The third-order valence-corrected chi connectivity index (χ3v) is 2.23. The Balaban J connectivity index is 2.09. The van der Waals surface area contributed by atoms with Crippen molar-refractivity contribution in [3.63, 3.8) is 0 Å². The number of amides is 1. The van der Waals surface area contributed by atoms with E-state index in [-0.39, 0.29) is 25.3 Å². The molecule has 0 atom stereocenters. The van der Waals surface area contributed by atoms with Crippen LogP contribution in [0.1, 0.15) is 26.2 Å². The molecule has 1 fully saturated rings. The lowest BCUT2D eigenvalue weighted by atomic mass is 10.1. The number of nitrogens with zero attached hydrogens (tertiary/aromatic N) is 1. The van der Waals surface area contributed by atoms with Crippen LogP contribution in [0, 0.1) is 0 Å². The second-order valence-electron chi connectivity index (χ2n) is 3.50. The summed E-state index contributed by atoms with van der Waals surface area (Å²) in [6.45, 7) is 3.13. The molecule has 0 saturated carbocycles. The SMILES string of the molecule is CC(=O)OCCOC(=O)N1CCCCC1. The number of carbonyl (C=O) groups is 2. The summed E-state index contributed by atoms with van der Waals surface area (Å²) in [5.41, 5.74) is 0. The normalized spacial score (nSPS) is 15.9. The van der Waals surface area contributed by atoms with Crippen LogP contribution in [0.2, 0.25) is 0 Å². The predicted molar refractivity (Wildman–Crippen MR) is 53.4 cm³/mol. The molecule has 1 aliphatic rings. The maximum absolute atomic E-state index is 11.4. The molecule has 0 aromatic rings. The summed E-state index contributed by atoms with van der Waals surface area (Å²) in [6.07, 6.45) is 2.96. The minimum Gasteiger partial charge on any atom is -0.462 e. The van der Waals surface area contributed by atoms with Crippen molar-refractivity contribution < 1.29 is 19.1 Å². The van der Waals surface area contributed by atoms with Crippen LogP contribution in [-0.2, 0) is 14.3 Å². The van der Waals surface area contributed by atoms with E-state index < -0.39 is 0 Å². The number of esters is 1. The summed E-state index contributed by atoms with van der Waals surface area (Å²) >= 11 is 0. The van der Waals surface area contributed by atoms with Crippen molar-refractivity contribution in [1.82, 2.24) is 4.90 Å². The summed E-state index contributed by atoms with van der Waals surface area (Å²) in [6, 6.07) is 0. The Kier molecular flexibility index (Phi) is 4.93. The van der Waals surface area contributed by atoms with Gasteiger partial charge in [0, 0.05) is 20.0 Å². The summed E-state index contributed by atoms with van der Waals surface area (Å²) in [5, 5.41) is 0. The molecule has 86 valence electrons. The largest absolute Gasteiger partial charge is 0.462 e. The fourth-order valence-corrected chi connectivity index (χ4v) is 1.48. The van der Waals surface area contributed by atoms with E-state index in [2.05, 4.69) is 4.74 Å². The molecule has 0 N–H and O–H groups in total. The second kappa shape index (κ2) is 6.27. The number of likely N-dealkylation sites (tertiary alicyclic amines) is 1. The van der Waals surface area contributed by atoms with Gasteiger partial charge >= 0.3 is 12.1 Å². The Morgan fingerprint density at radius 3 is 2.27 bits per heavy atom. The summed E-state index contributed by atoms with van der Waals surface area (Å²) in [5.74, 6) is -0.357. The average Bonchev–Trinajstić information content (AvgIpc) is 2.25. The van der Waals surface area contributed by atoms with E-state index in [0.29, 0.717) is 0 Å². The summed E-state index contributed by atoms with van der Waals surface area (Å²) in [7, 11) is 0. The molecule has 0 aromatic carbocycles. The molecule has 1 amide bonds. The van der Waals surface area contributed by atoms with Gasteiger partial charge < -0.3 is 14.4 Å². The van der Waals surface area contributed by atoms with Crippen LogP contribution in [0.15, 0.2) is 0 Å². The summed E-state index contributed by atoms with van der Waals surface area (Å²) in [4.78, 5) is 23.5. The van der Waals surface area contributed by atoms with Gasteiger partial charge in [0.15, 0.2) is 0 Å². The molecule has 1 saturated heterocycles. The van der Waals surface area contributed by atoms with Gasteiger partial charge in [-0.1, -0.05) is 0 Å². The van der Waals surface area contributed by atoms with Crippen LogP contribution >= 0.6 is 0 Å². The van der Waals surface area contributed by atoms with Crippen molar-refractivity contribution in [2.24, 2.45) is 0 Å². The number of ether oxygens (including phenoxy) is 2. The Morgan fingerprint density at radius 2 is 1.67 bits per heavy atom. The molecule has 0 aromatic heterocycles. The average molecular weight is 215 g/mol.